The lowest BCUT2D eigenvalue weighted by Gasteiger charge is -2.11. The molecule has 3 rings (SSSR count). The van der Waals surface area contributed by atoms with E-state index in [2.05, 4.69) is 5.32 Å². The van der Waals surface area contributed by atoms with Crippen LogP contribution in [0.5, 0.6) is 0 Å². The van der Waals surface area contributed by atoms with E-state index in [0.29, 0.717) is 12.1 Å². The van der Waals surface area contributed by atoms with Gasteiger partial charge in [0.1, 0.15) is 0 Å². The highest BCUT2D eigenvalue weighted by Crippen LogP contribution is 2.30. The Bertz CT molecular complexity index is 905. The monoisotopic (exact) mass is 378 g/mol. The van der Waals surface area contributed by atoms with E-state index in [-0.39, 0.29) is 35.3 Å². The third kappa shape index (κ3) is 3.91. The number of carbonyl (C=O) groups excluding carboxylic acids is 2. The number of hydrogen-bond acceptors (Lipinski definition) is 5. The highest BCUT2D eigenvalue weighted by molar-refractivity contribution is 7.91. The highest BCUT2D eigenvalue weighted by Gasteiger charge is 2.26. The Labute approximate surface area is 150 Å². The summed E-state index contributed by atoms with van der Waals surface area (Å²) < 4.78 is 24.9. The Hall–Kier alpha value is -2.19. The van der Waals surface area contributed by atoms with Crippen molar-refractivity contribution in [1.29, 1.82) is 0 Å². The quantitative estimate of drug-likeness (QED) is 0.830. The van der Waals surface area contributed by atoms with Gasteiger partial charge in [-0.3, -0.25) is 9.59 Å². The Balaban J connectivity index is 1.61. The third-order valence-electron chi connectivity index (χ3n) is 4.12. The van der Waals surface area contributed by atoms with Gasteiger partial charge >= 0.3 is 0 Å². The zero-order valence-electron chi connectivity index (χ0n) is 13.7. The van der Waals surface area contributed by atoms with Crippen LogP contribution in [0.15, 0.2) is 40.6 Å². The standard InChI is InChI=1S/C17H18N2O4S2/c1-19-15-5-4-14(9-12(15)10-17(19)21)25(22,23)8-6-16(20)18-11-13-3-2-7-24-13/h2-5,7,9H,6,8,10-11H2,1H3,(H,18,20). The van der Waals surface area contributed by atoms with Crippen molar-refractivity contribution in [3.63, 3.8) is 0 Å². The van der Waals surface area contributed by atoms with Crippen molar-refractivity contribution in [3.05, 3.63) is 46.2 Å². The van der Waals surface area contributed by atoms with Crippen molar-refractivity contribution in [1.82, 2.24) is 5.32 Å². The summed E-state index contributed by atoms with van der Waals surface area (Å²) in [5.74, 6) is -0.614. The van der Waals surface area contributed by atoms with Crippen LogP contribution in [0, 0.1) is 0 Å². The Kier molecular flexibility index (Phi) is 4.91. The summed E-state index contributed by atoms with van der Waals surface area (Å²) in [4.78, 5) is 26.3. The fourth-order valence-electron chi connectivity index (χ4n) is 2.67. The first-order chi connectivity index (χ1) is 11.9. The lowest BCUT2D eigenvalue weighted by Crippen LogP contribution is -2.24. The van der Waals surface area contributed by atoms with E-state index in [1.54, 1.807) is 13.1 Å². The van der Waals surface area contributed by atoms with Crippen LogP contribution in [0.1, 0.15) is 16.9 Å². The number of benzene rings is 1. The molecule has 0 bridgehead atoms. The molecule has 1 aliphatic heterocycles. The smallest absolute Gasteiger partial charge is 0.231 e. The minimum absolute atomic E-state index is 0.0579. The number of carbonyl (C=O) groups is 2. The molecule has 8 heteroatoms. The van der Waals surface area contributed by atoms with Gasteiger partial charge in [0, 0.05) is 24.0 Å². The molecule has 1 N–H and O–H groups in total. The number of rotatable bonds is 6. The van der Waals surface area contributed by atoms with Gasteiger partial charge in [0.05, 0.1) is 23.6 Å². The van der Waals surface area contributed by atoms with E-state index < -0.39 is 9.84 Å². The van der Waals surface area contributed by atoms with E-state index in [1.165, 1.54) is 28.4 Å². The highest BCUT2D eigenvalue weighted by atomic mass is 32.2. The first-order valence-electron chi connectivity index (χ1n) is 7.78. The van der Waals surface area contributed by atoms with Crippen molar-refractivity contribution < 1.29 is 18.0 Å². The SMILES string of the molecule is CN1C(=O)Cc2cc(S(=O)(=O)CCC(=O)NCc3cccs3)ccc21. The number of sulfone groups is 1. The van der Waals surface area contributed by atoms with Crippen LogP contribution < -0.4 is 10.2 Å². The van der Waals surface area contributed by atoms with Crippen molar-refractivity contribution in [2.75, 3.05) is 17.7 Å². The second kappa shape index (κ2) is 6.97. The van der Waals surface area contributed by atoms with Crippen molar-refractivity contribution in [2.24, 2.45) is 0 Å². The first-order valence-corrected chi connectivity index (χ1v) is 10.3. The summed E-state index contributed by atoms with van der Waals surface area (Å²) in [5.41, 5.74) is 1.44. The van der Waals surface area contributed by atoms with Crippen LogP contribution in [0.25, 0.3) is 0 Å². The van der Waals surface area contributed by atoms with Gasteiger partial charge in [-0.2, -0.15) is 0 Å². The predicted octanol–water partition coefficient (Wildman–Crippen LogP) is 1.75. The van der Waals surface area contributed by atoms with Gasteiger partial charge in [-0.15, -0.1) is 11.3 Å². The molecule has 2 aromatic rings. The first kappa shape index (κ1) is 17.6. The molecule has 0 aliphatic carbocycles. The maximum atomic E-state index is 12.5. The van der Waals surface area contributed by atoms with Gasteiger partial charge in [0.2, 0.25) is 11.8 Å². The van der Waals surface area contributed by atoms with Crippen LogP contribution in [0.4, 0.5) is 5.69 Å². The van der Waals surface area contributed by atoms with Gasteiger partial charge in [-0.05, 0) is 35.2 Å². The molecule has 1 aliphatic rings. The molecule has 25 heavy (non-hydrogen) atoms. The van der Waals surface area contributed by atoms with Crippen LogP contribution in [0.2, 0.25) is 0 Å². The molecule has 0 saturated carbocycles. The minimum Gasteiger partial charge on any atom is -0.351 e. The van der Waals surface area contributed by atoms with E-state index in [9.17, 15) is 18.0 Å². The summed E-state index contributed by atoms with van der Waals surface area (Å²) in [6.45, 7) is 0.407. The zero-order valence-corrected chi connectivity index (χ0v) is 15.3. The number of nitrogens with one attached hydrogen (secondary N) is 1. The molecule has 0 spiro atoms. The minimum atomic E-state index is -3.57. The molecule has 0 unspecified atom stereocenters. The van der Waals surface area contributed by atoms with Crippen molar-refractivity contribution >= 4 is 38.7 Å². The molecule has 0 radical (unpaired) electrons. The third-order valence-corrected chi connectivity index (χ3v) is 6.72. The molecule has 0 atom stereocenters. The fraction of sp³-hybridized carbons (Fsp3) is 0.294. The number of amides is 2. The lowest BCUT2D eigenvalue weighted by molar-refractivity contribution is -0.121. The lowest BCUT2D eigenvalue weighted by atomic mass is 10.2. The molecule has 6 nitrogen and oxygen atoms in total. The van der Waals surface area contributed by atoms with Gasteiger partial charge in [-0.1, -0.05) is 6.07 Å². The Morgan fingerprint density at radius 3 is 2.84 bits per heavy atom. The maximum absolute atomic E-state index is 12.5. The van der Waals surface area contributed by atoms with Crippen LogP contribution in [-0.4, -0.2) is 33.0 Å². The summed E-state index contributed by atoms with van der Waals surface area (Å²) >= 11 is 1.53. The fourth-order valence-corrected chi connectivity index (χ4v) is 4.60. The van der Waals surface area contributed by atoms with Gasteiger partial charge < -0.3 is 10.2 Å². The number of likely N-dealkylation sites (N-methyl/N-ethyl adjacent to an activating group) is 1. The summed E-state index contributed by atoms with van der Waals surface area (Å²) in [6.07, 6.45) is 0.111. The number of thiophene rings is 1. The molecular formula is C17H18N2O4S2. The van der Waals surface area contributed by atoms with Gasteiger partial charge in [0.25, 0.3) is 0 Å². The van der Waals surface area contributed by atoms with E-state index >= 15 is 0 Å². The maximum Gasteiger partial charge on any atom is 0.231 e. The second-order valence-corrected chi connectivity index (χ2v) is 8.99. The average Bonchev–Trinajstić information content (AvgIpc) is 3.19. The number of hydrogen-bond donors (Lipinski definition) is 1. The second-order valence-electron chi connectivity index (χ2n) is 5.85. The average molecular weight is 378 g/mol. The number of anilines is 1. The molecule has 2 amide bonds. The number of fused-ring (bicyclic) bond motifs is 1. The van der Waals surface area contributed by atoms with Gasteiger partial charge in [-0.25, -0.2) is 8.42 Å². The Morgan fingerprint density at radius 1 is 1.32 bits per heavy atom. The summed E-state index contributed by atoms with van der Waals surface area (Å²) in [7, 11) is -1.91. The molecule has 1 aromatic carbocycles. The summed E-state index contributed by atoms with van der Waals surface area (Å²) in [6, 6.07) is 8.48. The normalized spacial score (nSPS) is 13.8. The van der Waals surface area contributed by atoms with Crippen LogP contribution >= 0.6 is 11.3 Å². The van der Waals surface area contributed by atoms with Crippen LogP contribution in [0.3, 0.4) is 0 Å². The molecule has 1 aromatic heterocycles. The zero-order chi connectivity index (χ0) is 18.0. The Morgan fingerprint density at radius 2 is 2.12 bits per heavy atom. The van der Waals surface area contributed by atoms with E-state index in [4.69, 9.17) is 0 Å². The molecule has 0 saturated heterocycles. The van der Waals surface area contributed by atoms with E-state index in [1.807, 2.05) is 17.5 Å². The van der Waals surface area contributed by atoms with Crippen molar-refractivity contribution in [2.45, 2.75) is 24.3 Å². The van der Waals surface area contributed by atoms with E-state index in [0.717, 1.165) is 10.6 Å². The van der Waals surface area contributed by atoms with Gasteiger partial charge in [0.15, 0.2) is 9.84 Å². The molecule has 2 heterocycles. The summed E-state index contributed by atoms with van der Waals surface area (Å²) in [5, 5.41) is 4.64. The predicted molar refractivity (Wildman–Crippen MR) is 96.4 cm³/mol. The largest absolute Gasteiger partial charge is 0.351 e. The van der Waals surface area contributed by atoms with Crippen molar-refractivity contribution in [3.8, 4) is 0 Å². The molecular weight excluding hydrogens is 360 g/mol. The number of nitrogens with zero attached hydrogens (tertiary/aromatic N) is 1. The van der Waals surface area contributed by atoms with Crippen LogP contribution in [-0.2, 0) is 32.4 Å². The topological polar surface area (TPSA) is 83.6 Å². The molecule has 132 valence electrons. The molecule has 0 fully saturated rings.